The summed E-state index contributed by atoms with van der Waals surface area (Å²) in [6.07, 6.45) is 0.531. The number of phenols is 2. The lowest BCUT2D eigenvalue weighted by Crippen LogP contribution is -2.56. The first kappa shape index (κ1) is 25.6. The molecule has 2 saturated carbocycles. The van der Waals surface area contributed by atoms with E-state index in [-0.39, 0.29) is 30.0 Å². The van der Waals surface area contributed by atoms with E-state index in [1.807, 2.05) is 6.07 Å². The van der Waals surface area contributed by atoms with Crippen LogP contribution in [0.2, 0.25) is 0 Å². The Kier molecular flexibility index (Phi) is 6.52. The van der Waals surface area contributed by atoms with Crippen molar-refractivity contribution in [2.45, 2.75) is 32.4 Å². The zero-order valence-electron chi connectivity index (χ0n) is 20.8. The Labute approximate surface area is 218 Å². The molecular weight excluding hydrogens is 490 g/mol. The smallest absolute Gasteiger partial charge is 0.235 e. The summed E-state index contributed by atoms with van der Waals surface area (Å²) < 4.78 is 0. The van der Waals surface area contributed by atoms with E-state index in [0.717, 1.165) is 5.56 Å². The number of benzene rings is 2. The largest absolute Gasteiger partial charge is 0.508 e. The fraction of sp³-hybridized carbons (Fsp3) is 0.393. The average Bonchev–Trinajstić information content (AvgIpc) is 2.84. The number of phenolic OH excluding ortho intramolecular Hbond substituents is 2. The maximum atomic E-state index is 13.8. The van der Waals surface area contributed by atoms with Crippen molar-refractivity contribution < 1.29 is 34.2 Å². The Hall–Kier alpha value is -4.05. The minimum atomic E-state index is -1.66. The van der Waals surface area contributed by atoms with E-state index < -0.39 is 58.6 Å². The molecule has 2 aromatic carbocycles. The number of primary amides is 1. The zero-order chi connectivity index (χ0) is 27.3. The number of hydrogen-bond acceptors (Lipinski definition) is 9. The van der Waals surface area contributed by atoms with E-state index in [4.69, 9.17) is 5.73 Å². The predicted molar refractivity (Wildman–Crippen MR) is 135 cm³/mol. The van der Waals surface area contributed by atoms with Gasteiger partial charge in [-0.15, -0.1) is 0 Å². The van der Waals surface area contributed by atoms with Crippen LogP contribution in [-0.2, 0) is 38.7 Å². The molecule has 38 heavy (non-hydrogen) atoms. The Morgan fingerprint density at radius 2 is 1.74 bits per heavy atom. The fourth-order valence-corrected chi connectivity index (χ4v) is 6.48. The molecule has 0 saturated heterocycles. The number of carbonyl (C=O) groups excluding carboxylic acids is 5. The molecule has 6 N–H and O–H groups in total. The van der Waals surface area contributed by atoms with Gasteiger partial charge in [-0.25, -0.2) is 0 Å². The van der Waals surface area contributed by atoms with Crippen LogP contribution in [-0.4, -0.2) is 46.3 Å². The van der Waals surface area contributed by atoms with Gasteiger partial charge in [0.25, 0.3) is 0 Å². The molecule has 2 aromatic rings. The molecule has 5 unspecified atom stereocenters. The van der Waals surface area contributed by atoms with Gasteiger partial charge in [0.05, 0.1) is 17.4 Å². The normalized spacial score (nSPS) is 26.4. The van der Waals surface area contributed by atoms with Crippen molar-refractivity contribution in [2.24, 2.45) is 35.3 Å². The topological polar surface area (TPSA) is 176 Å². The van der Waals surface area contributed by atoms with Crippen LogP contribution in [0, 0.1) is 29.6 Å². The molecule has 3 aliphatic carbocycles. The van der Waals surface area contributed by atoms with Crippen molar-refractivity contribution in [1.82, 2.24) is 5.32 Å². The van der Waals surface area contributed by atoms with Crippen LogP contribution in [0.1, 0.15) is 39.9 Å². The summed E-state index contributed by atoms with van der Waals surface area (Å²) in [6.45, 7) is 0.617. The number of Topliss-reactive ketones (excluding diaryl/α,β-unsaturated/α-hetero) is 4. The maximum absolute atomic E-state index is 13.8. The summed E-state index contributed by atoms with van der Waals surface area (Å²) in [5.41, 5.74) is 7.87. The fourth-order valence-electron chi connectivity index (χ4n) is 6.48. The molecule has 5 atom stereocenters. The second-order valence-corrected chi connectivity index (χ2v) is 10.4. The number of nitrogens with one attached hydrogen (secondary N) is 2. The van der Waals surface area contributed by atoms with Crippen LogP contribution in [0.25, 0.3) is 0 Å². The Balaban J connectivity index is 1.45. The Morgan fingerprint density at radius 3 is 2.42 bits per heavy atom. The van der Waals surface area contributed by atoms with Gasteiger partial charge in [-0.1, -0.05) is 12.1 Å². The second kappa shape index (κ2) is 9.68. The van der Waals surface area contributed by atoms with Crippen molar-refractivity contribution in [3.05, 3.63) is 52.6 Å². The van der Waals surface area contributed by atoms with E-state index in [1.54, 1.807) is 31.3 Å². The number of aromatic hydroxyl groups is 2. The van der Waals surface area contributed by atoms with Crippen LogP contribution in [0.15, 0.2) is 30.3 Å². The van der Waals surface area contributed by atoms with E-state index >= 15 is 0 Å². The number of amides is 1. The summed E-state index contributed by atoms with van der Waals surface area (Å²) in [5.74, 6) is -8.70. The molecule has 0 aromatic heterocycles. The van der Waals surface area contributed by atoms with E-state index in [2.05, 4.69) is 10.6 Å². The van der Waals surface area contributed by atoms with Gasteiger partial charge in [-0.05, 0) is 54.0 Å². The van der Waals surface area contributed by atoms with E-state index in [1.165, 1.54) is 0 Å². The molecule has 198 valence electrons. The third kappa shape index (κ3) is 4.14. The standard InChI is InChI=1S/C28H29N3O7/c1-30-18-8-15(11-31-10-12-3-2-4-16(32)5-12)24(34)22-17(18)7-13-6-14-9-19(33)23(28(29)38)27(37)21(14)25(35)20(13)26(22)36/h2-5,8,13-14,20-21,23,30-32,34H,6-7,9-11H2,1H3,(H2,29,38). The molecule has 5 rings (SSSR count). The summed E-state index contributed by atoms with van der Waals surface area (Å²) in [7, 11) is 1.71. The van der Waals surface area contributed by atoms with Crippen LogP contribution >= 0.6 is 0 Å². The van der Waals surface area contributed by atoms with Gasteiger partial charge in [0.15, 0.2) is 29.1 Å². The van der Waals surface area contributed by atoms with Crippen LogP contribution in [0.3, 0.4) is 0 Å². The van der Waals surface area contributed by atoms with E-state index in [0.29, 0.717) is 36.2 Å². The number of nitrogens with two attached hydrogens (primary N) is 1. The quantitative estimate of drug-likeness (QED) is 0.278. The van der Waals surface area contributed by atoms with Crippen LogP contribution < -0.4 is 16.4 Å². The van der Waals surface area contributed by atoms with Crippen molar-refractivity contribution in [1.29, 1.82) is 0 Å². The maximum Gasteiger partial charge on any atom is 0.235 e. The van der Waals surface area contributed by atoms with Gasteiger partial charge in [-0.3, -0.25) is 24.0 Å². The average molecular weight is 520 g/mol. The zero-order valence-corrected chi connectivity index (χ0v) is 20.8. The third-order valence-electron chi connectivity index (χ3n) is 8.13. The van der Waals surface area contributed by atoms with Crippen LogP contribution in [0.5, 0.6) is 11.5 Å². The molecule has 0 aliphatic heterocycles. The lowest BCUT2D eigenvalue weighted by Gasteiger charge is -2.44. The second-order valence-electron chi connectivity index (χ2n) is 10.4. The van der Waals surface area contributed by atoms with Crippen molar-refractivity contribution >= 4 is 34.7 Å². The number of fused-ring (bicyclic) bond motifs is 3. The van der Waals surface area contributed by atoms with E-state index in [9.17, 15) is 34.2 Å². The summed E-state index contributed by atoms with van der Waals surface area (Å²) in [4.78, 5) is 64.5. The van der Waals surface area contributed by atoms with Gasteiger partial charge in [-0.2, -0.15) is 0 Å². The Bertz CT molecular complexity index is 1380. The lowest BCUT2D eigenvalue weighted by molar-refractivity contribution is -0.152. The molecule has 3 aliphatic rings. The number of ketones is 4. The minimum Gasteiger partial charge on any atom is -0.508 e. The number of anilines is 1. The molecule has 10 heteroatoms. The number of carbonyl (C=O) groups is 5. The summed E-state index contributed by atoms with van der Waals surface area (Å²) in [6, 6.07) is 8.51. The molecule has 10 nitrogen and oxygen atoms in total. The highest BCUT2D eigenvalue weighted by atomic mass is 16.3. The molecule has 0 bridgehead atoms. The molecule has 0 spiro atoms. The highest BCUT2D eigenvalue weighted by Crippen LogP contribution is 2.49. The number of rotatable bonds is 6. The molecular formula is C28H29N3O7. The molecule has 0 heterocycles. The SMILES string of the molecule is CNc1cc(CNCc2cccc(O)c2)c(O)c2c1CC1CC3CC(=O)C(C(N)=O)C(=O)C3C(=O)C1C2=O. The summed E-state index contributed by atoms with van der Waals surface area (Å²) >= 11 is 0. The first-order valence-electron chi connectivity index (χ1n) is 12.6. The summed E-state index contributed by atoms with van der Waals surface area (Å²) in [5, 5.41) is 27.1. The lowest BCUT2D eigenvalue weighted by atomic mass is 9.56. The highest BCUT2D eigenvalue weighted by Gasteiger charge is 2.57. The first-order chi connectivity index (χ1) is 18.1. The van der Waals surface area contributed by atoms with Crippen molar-refractivity contribution in [3.63, 3.8) is 0 Å². The molecule has 2 fully saturated rings. The van der Waals surface area contributed by atoms with Gasteiger partial charge >= 0.3 is 0 Å². The van der Waals surface area contributed by atoms with Crippen LogP contribution in [0.4, 0.5) is 5.69 Å². The highest BCUT2D eigenvalue weighted by molar-refractivity contribution is 6.27. The molecule has 0 radical (unpaired) electrons. The van der Waals surface area contributed by atoms with Gasteiger partial charge < -0.3 is 26.6 Å². The van der Waals surface area contributed by atoms with Crippen molar-refractivity contribution in [3.8, 4) is 11.5 Å². The van der Waals surface area contributed by atoms with Gasteiger partial charge in [0.1, 0.15) is 11.5 Å². The minimum absolute atomic E-state index is 0.0600. The van der Waals surface area contributed by atoms with Gasteiger partial charge in [0.2, 0.25) is 5.91 Å². The monoisotopic (exact) mass is 519 g/mol. The number of hydrogen-bond donors (Lipinski definition) is 5. The Morgan fingerprint density at radius 1 is 1.00 bits per heavy atom. The van der Waals surface area contributed by atoms with Crippen molar-refractivity contribution in [2.75, 3.05) is 12.4 Å². The third-order valence-corrected chi connectivity index (χ3v) is 8.13. The molecule has 1 amide bonds. The predicted octanol–water partition coefficient (Wildman–Crippen LogP) is 1.25. The van der Waals surface area contributed by atoms with Gasteiger partial charge in [0, 0.05) is 37.8 Å². The first-order valence-corrected chi connectivity index (χ1v) is 12.6.